The summed E-state index contributed by atoms with van der Waals surface area (Å²) in [5.74, 6) is 0. The average Bonchev–Trinajstić information content (AvgIpc) is 1.61. The zero-order valence-corrected chi connectivity index (χ0v) is 6.06. The first-order valence-corrected chi connectivity index (χ1v) is 3.48. The molecule has 0 spiro atoms. The van der Waals surface area contributed by atoms with Gasteiger partial charge in [0.1, 0.15) is 0 Å². The number of hydrogen-bond acceptors (Lipinski definition) is 0. The SMILES string of the molecule is CCCCC([S])Cl. The minimum Gasteiger partial charge on any atom is -0.110 e. The van der Waals surface area contributed by atoms with E-state index in [1.165, 1.54) is 6.42 Å². The van der Waals surface area contributed by atoms with Gasteiger partial charge < -0.3 is 0 Å². The smallest absolute Gasteiger partial charge is 0.0892 e. The number of halogens is 1. The molecule has 1 atom stereocenters. The van der Waals surface area contributed by atoms with E-state index >= 15 is 0 Å². The first kappa shape index (κ1) is 7.64. The molecule has 0 bridgehead atoms. The van der Waals surface area contributed by atoms with Crippen molar-refractivity contribution in [2.24, 2.45) is 0 Å². The summed E-state index contributed by atoms with van der Waals surface area (Å²) in [6.45, 7) is 2.13. The fraction of sp³-hybridized carbons (Fsp3) is 1.00. The number of hydrogen-bond donors (Lipinski definition) is 0. The molecule has 2 heteroatoms. The first-order valence-electron chi connectivity index (χ1n) is 2.57. The predicted molar refractivity (Wildman–Crippen MR) is 36.8 cm³/mol. The molecule has 0 amide bonds. The van der Waals surface area contributed by atoms with Crippen LogP contribution >= 0.6 is 24.2 Å². The molecule has 0 aliphatic carbocycles. The predicted octanol–water partition coefficient (Wildman–Crippen LogP) is 2.94. The van der Waals surface area contributed by atoms with E-state index in [0.29, 0.717) is 0 Å². The third-order valence-corrected chi connectivity index (χ3v) is 1.24. The van der Waals surface area contributed by atoms with Gasteiger partial charge in [0.05, 0.1) is 4.71 Å². The minimum absolute atomic E-state index is 0.0417. The third-order valence-electron chi connectivity index (χ3n) is 0.785. The molecular formula is C5H10ClS. The lowest BCUT2D eigenvalue weighted by molar-refractivity contribution is 0.761. The van der Waals surface area contributed by atoms with Crippen LogP contribution in [0, 0.1) is 0 Å². The Hall–Kier alpha value is 0.640. The third kappa shape index (κ3) is 6.64. The maximum atomic E-state index is 5.47. The maximum Gasteiger partial charge on any atom is 0.0892 e. The second-order valence-corrected chi connectivity index (χ2v) is 2.91. The lowest BCUT2D eigenvalue weighted by atomic mass is 10.3. The van der Waals surface area contributed by atoms with Gasteiger partial charge >= 0.3 is 0 Å². The van der Waals surface area contributed by atoms with Crippen LogP contribution in [0.25, 0.3) is 0 Å². The van der Waals surface area contributed by atoms with Crippen molar-refractivity contribution >= 4 is 24.2 Å². The van der Waals surface area contributed by atoms with Crippen molar-refractivity contribution in [3.8, 4) is 0 Å². The minimum atomic E-state index is -0.0417. The standard InChI is InChI=1S/C5H10ClS/c1-2-3-4-5(6)7/h5H,2-4H2,1H3. The molecule has 0 N–H and O–H groups in total. The zero-order chi connectivity index (χ0) is 5.70. The van der Waals surface area contributed by atoms with Crippen molar-refractivity contribution in [2.45, 2.75) is 30.9 Å². The Bertz CT molecular complexity index is 37.1. The lowest BCUT2D eigenvalue weighted by Gasteiger charge is -1.94. The Labute approximate surface area is 55.7 Å². The molecule has 43 valence electrons. The van der Waals surface area contributed by atoms with Crippen LogP contribution < -0.4 is 0 Å². The van der Waals surface area contributed by atoms with Crippen molar-refractivity contribution < 1.29 is 0 Å². The Kier molecular flexibility index (Phi) is 5.23. The van der Waals surface area contributed by atoms with E-state index in [1.807, 2.05) is 0 Å². The number of rotatable bonds is 3. The fourth-order valence-corrected chi connectivity index (χ4v) is 0.686. The van der Waals surface area contributed by atoms with Gasteiger partial charge in [-0.05, 0) is 6.42 Å². The normalized spacial score (nSPS) is 14.1. The molecule has 0 aliphatic rings. The van der Waals surface area contributed by atoms with Gasteiger partial charge in [-0.25, -0.2) is 0 Å². The summed E-state index contributed by atoms with van der Waals surface area (Å²) in [5, 5.41) is 0. The molecule has 0 nitrogen and oxygen atoms in total. The second kappa shape index (κ2) is 4.79. The zero-order valence-electron chi connectivity index (χ0n) is 4.48. The van der Waals surface area contributed by atoms with Crippen LogP contribution in [0.15, 0.2) is 0 Å². The van der Waals surface area contributed by atoms with Crippen LogP contribution in [0.5, 0.6) is 0 Å². The van der Waals surface area contributed by atoms with E-state index in [4.69, 9.17) is 24.2 Å². The van der Waals surface area contributed by atoms with Gasteiger partial charge in [0, 0.05) is 0 Å². The quantitative estimate of drug-likeness (QED) is 0.525. The molecule has 0 saturated carbocycles. The molecule has 0 fully saturated rings. The van der Waals surface area contributed by atoms with E-state index in [9.17, 15) is 0 Å². The summed E-state index contributed by atoms with van der Waals surface area (Å²) >= 11 is 10.2. The van der Waals surface area contributed by atoms with E-state index < -0.39 is 0 Å². The van der Waals surface area contributed by atoms with Crippen LogP contribution in [0.1, 0.15) is 26.2 Å². The molecule has 0 saturated heterocycles. The average molecular weight is 138 g/mol. The van der Waals surface area contributed by atoms with Gasteiger partial charge in [0.25, 0.3) is 0 Å². The van der Waals surface area contributed by atoms with Crippen LogP contribution in [0.3, 0.4) is 0 Å². The van der Waals surface area contributed by atoms with E-state index in [0.717, 1.165) is 12.8 Å². The molecule has 0 aromatic heterocycles. The van der Waals surface area contributed by atoms with Gasteiger partial charge in [-0.15, -0.1) is 11.6 Å². The first-order chi connectivity index (χ1) is 3.27. The molecule has 1 unspecified atom stereocenters. The summed E-state index contributed by atoms with van der Waals surface area (Å²) in [7, 11) is 0. The summed E-state index contributed by atoms with van der Waals surface area (Å²) < 4.78 is -0.0417. The van der Waals surface area contributed by atoms with Crippen molar-refractivity contribution in [3.63, 3.8) is 0 Å². The summed E-state index contributed by atoms with van der Waals surface area (Å²) in [4.78, 5) is 0. The maximum absolute atomic E-state index is 5.47. The Morgan fingerprint density at radius 3 is 2.43 bits per heavy atom. The molecule has 0 aromatic rings. The number of unbranched alkanes of at least 4 members (excludes halogenated alkanes) is 1. The van der Waals surface area contributed by atoms with Crippen LogP contribution in [0.4, 0.5) is 0 Å². The largest absolute Gasteiger partial charge is 0.110 e. The Morgan fingerprint density at radius 1 is 1.71 bits per heavy atom. The molecular weight excluding hydrogens is 128 g/mol. The Balaban J connectivity index is 2.68. The second-order valence-electron chi connectivity index (χ2n) is 1.55. The molecule has 1 radical (unpaired) electrons. The van der Waals surface area contributed by atoms with Crippen LogP contribution in [-0.4, -0.2) is 4.71 Å². The highest BCUT2D eigenvalue weighted by Gasteiger charge is 1.93. The van der Waals surface area contributed by atoms with Gasteiger partial charge in [-0.2, -0.15) is 0 Å². The highest BCUT2D eigenvalue weighted by molar-refractivity contribution is 7.82. The Morgan fingerprint density at radius 2 is 2.29 bits per heavy atom. The van der Waals surface area contributed by atoms with Crippen molar-refractivity contribution in [1.29, 1.82) is 0 Å². The van der Waals surface area contributed by atoms with Gasteiger partial charge in [0.15, 0.2) is 0 Å². The number of alkyl halides is 1. The summed E-state index contributed by atoms with van der Waals surface area (Å²) in [6.07, 6.45) is 3.34. The van der Waals surface area contributed by atoms with Crippen molar-refractivity contribution in [2.75, 3.05) is 0 Å². The van der Waals surface area contributed by atoms with Gasteiger partial charge in [0.2, 0.25) is 0 Å². The van der Waals surface area contributed by atoms with E-state index in [1.54, 1.807) is 0 Å². The van der Waals surface area contributed by atoms with Crippen molar-refractivity contribution in [1.82, 2.24) is 0 Å². The van der Waals surface area contributed by atoms with Gasteiger partial charge in [-0.3, -0.25) is 0 Å². The van der Waals surface area contributed by atoms with Gasteiger partial charge in [-0.1, -0.05) is 32.4 Å². The monoisotopic (exact) mass is 137 g/mol. The highest BCUT2D eigenvalue weighted by Crippen LogP contribution is 2.09. The molecule has 0 heterocycles. The van der Waals surface area contributed by atoms with E-state index in [2.05, 4.69) is 6.92 Å². The molecule has 0 rings (SSSR count). The van der Waals surface area contributed by atoms with E-state index in [-0.39, 0.29) is 4.71 Å². The highest BCUT2D eigenvalue weighted by atomic mass is 35.5. The molecule has 7 heavy (non-hydrogen) atoms. The summed E-state index contributed by atoms with van der Waals surface area (Å²) in [6, 6.07) is 0. The fourth-order valence-electron chi connectivity index (χ4n) is 0.365. The molecule has 0 aromatic carbocycles. The molecule has 0 aliphatic heterocycles. The topological polar surface area (TPSA) is 0 Å². The van der Waals surface area contributed by atoms with Crippen LogP contribution in [0.2, 0.25) is 0 Å². The lowest BCUT2D eigenvalue weighted by Crippen LogP contribution is -1.83. The van der Waals surface area contributed by atoms with Crippen molar-refractivity contribution in [3.05, 3.63) is 0 Å². The summed E-state index contributed by atoms with van der Waals surface area (Å²) in [5.41, 5.74) is 0. The van der Waals surface area contributed by atoms with Crippen LogP contribution in [-0.2, 0) is 0 Å².